The first-order valence-corrected chi connectivity index (χ1v) is 15.3. The predicted molar refractivity (Wildman–Crippen MR) is 165 cm³/mol. The SMILES string of the molecule is O=C(O)c1c#ccc(COC2CCN(c3ccc(NC(=O)c4oc(N5CCC(c6ccccc6)CC5)nc4C(F)(F)F)cn3)CC2)c1. The molecule has 2 aliphatic heterocycles. The fraction of sp³-hybridized carbons (Fsp3) is 0.353. The molecule has 2 N–H and O–H groups in total. The van der Waals surface area contributed by atoms with Crippen molar-refractivity contribution in [1.29, 1.82) is 0 Å². The van der Waals surface area contributed by atoms with Gasteiger partial charge in [-0.1, -0.05) is 42.5 Å². The number of anilines is 3. The van der Waals surface area contributed by atoms with Gasteiger partial charge in [0.05, 0.1) is 24.6 Å². The fourth-order valence-corrected chi connectivity index (χ4v) is 5.89. The smallest absolute Gasteiger partial charge is 0.437 e. The van der Waals surface area contributed by atoms with Crippen LogP contribution in [0.2, 0.25) is 0 Å². The molecule has 2 aromatic carbocycles. The molecule has 47 heavy (non-hydrogen) atoms. The number of alkyl halides is 3. The number of aromatic carboxylic acids is 1. The molecule has 2 aliphatic rings. The van der Waals surface area contributed by atoms with Gasteiger partial charge in [-0.3, -0.25) is 4.79 Å². The Bertz CT molecular complexity index is 1680. The van der Waals surface area contributed by atoms with Crippen LogP contribution in [-0.4, -0.2) is 59.2 Å². The Balaban J connectivity index is 1.03. The van der Waals surface area contributed by atoms with Crippen LogP contribution in [-0.2, 0) is 17.5 Å². The van der Waals surface area contributed by atoms with Crippen molar-refractivity contribution in [3.63, 3.8) is 0 Å². The number of rotatable bonds is 9. The molecule has 0 saturated carbocycles. The van der Waals surface area contributed by atoms with E-state index in [0.29, 0.717) is 50.4 Å². The van der Waals surface area contributed by atoms with E-state index in [9.17, 15) is 22.8 Å². The molecular weight excluding hydrogens is 615 g/mol. The molecule has 0 aliphatic carbocycles. The highest BCUT2D eigenvalue weighted by Gasteiger charge is 2.42. The molecule has 0 unspecified atom stereocenters. The van der Waals surface area contributed by atoms with Crippen LogP contribution in [0.25, 0.3) is 0 Å². The van der Waals surface area contributed by atoms with Gasteiger partial charge in [0.1, 0.15) is 11.4 Å². The molecular formula is C34H32F3N5O5. The quantitative estimate of drug-likeness (QED) is 0.219. The maximum absolute atomic E-state index is 13.9. The van der Waals surface area contributed by atoms with Crippen molar-refractivity contribution in [2.45, 2.75) is 50.5 Å². The molecule has 244 valence electrons. The Labute approximate surface area is 269 Å². The summed E-state index contributed by atoms with van der Waals surface area (Å²) in [6.07, 6.45) is -0.643. The Kier molecular flexibility index (Phi) is 9.31. The molecule has 0 atom stereocenters. The Morgan fingerprint density at radius 1 is 1.02 bits per heavy atom. The maximum Gasteiger partial charge on any atom is 0.437 e. The van der Waals surface area contributed by atoms with E-state index in [2.05, 4.69) is 27.4 Å². The van der Waals surface area contributed by atoms with Gasteiger partial charge >= 0.3 is 12.1 Å². The van der Waals surface area contributed by atoms with Crippen molar-refractivity contribution in [3.8, 4) is 0 Å². The molecule has 0 bridgehead atoms. The molecule has 2 saturated heterocycles. The van der Waals surface area contributed by atoms with Crippen LogP contribution < -0.4 is 15.1 Å². The number of oxazole rings is 1. The molecule has 1 amide bonds. The summed E-state index contributed by atoms with van der Waals surface area (Å²) in [5.41, 5.74) is 0.771. The standard InChI is InChI=1S/C34H32F3N5O5/c35-34(36,37)30-29(47-33(40-30)42-15-11-24(12-16-42)23-6-2-1-3-7-23)31(43)39-26-9-10-28(38-20-26)41-17-13-27(14-18-41)46-21-22-5-4-8-25(19-22)32(44)45/h1-3,5-7,9-10,19-20,24,27H,11-18,21H2,(H,39,43)(H,44,45). The number of pyridine rings is 1. The molecule has 0 radical (unpaired) electrons. The molecule has 0 spiro atoms. The van der Waals surface area contributed by atoms with Crippen molar-refractivity contribution >= 4 is 29.4 Å². The van der Waals surface area contributed by atoms with Crippen LogP contribution in [0.3, 0.4) is 0 Å². The number of nitrogens with one attached hydrogen (secondary N) is 1. The van der Waals surface area contributed by atoms with Gasteiger partial charge in [0, 0.05) is 26.2 Å². The van der Waals surface area contributed by atoms with Gasteiger partial charge < -0.3 is 29.4 Å². The number of aromatic nitrogens is 2. The summed E-state index contributed by atoms with van der Waals surface area (Å²) in [6.45, 7) is 2.46. The van der Waals surface area contributed by atoms with E-state index in [4.69, 9.17) is 14.3 Å². The largest absolute Gasteiger partial charge is 0.477 e. The highest BCUT2D eigenvalue weighted by Crippen LogP contribution is 2.36. The summed E-state index contributed by atoms with van der Waals surface area (Å²) in [5.74, 6) is -2.09. The number of nitrogens with zero attached hydrogens (tertiary/aromatic N) is 4. The van der Waals surface area contributed by atoms with Crippen molar-refractivity contribution in [2.24, 2.45) is 0 Å². The van der Waals surface area contributed by atoms with E-state index in [0.717, 1.165) is 12.8 Å². The highest BCUT2D eigenvalue weighted by molar-refractivity contribution is 6.03. The number of ether oxygens (including phenoxy) is 1. The monoisotopic (exact) mass is 647 g/mol. The van der Waals surface area contributed by atoms with E-state index in [1.165, 1.54) is 17.8 Å². The predicted octanol–water partition coefficient (Wildman–Crippen LogP) is 6.21. The minimum absolute atomic E-state index is 0.0212. The first-order chi connectivity index (χ1) is 22.6. The van der Waals surface area contributed by atoms with Crippen molar-refractivity contribution in [2.75, 3.05) is 41.3 Å². The number of hydrogen-bond donors (Lipinski definition) is 2. The Hall–Kier alpha value is -5.09. The minimum Gasteiger partial charge on any atom is -0.477 e. The van der Waals surface area contributed by atoms with Crippen LogP contribution >= 0.6 is 0 Å². The Morgan fingerprint density at radius 3 is 2.40 bits per heavy atom. The fourth-order valence-electron chi connectivity index (χ4n) is 5.89. The molecule has 4 heterocycles. The first kappa shape index (κ1) is 31.9. The lowest BCUT2D eigenvalue weighted by Gasteiger charge is -2.32. The number of carboxylic acid groups (broad SMARTS) is 1. The highest BCUT2D eigenvalue weighted by atomic mass is 19.4. The minimum atomic E-state index is -4.88. The molecule has 6 rings (SSSR count). The molecule has 13 heteroatoms. The number of carboxylic acids is 1. The number of halogens is 3. The van der Waals surface area contributed by atoms with Gasteiger partial charge in [-0.25, -0.2) is 9.78 Å². The lowest BCUT2D eigenvalue weighted by Crippen LogP contribution is -2.37. The van der Waals surface area contributed by atoms with Crippen molar-refractivity contribution in [1.82, 2.24) is 9.97 Å². The molecule has 2 fully saturated rings. The zero-order valence-corrected chi connectivity index (χ0v) is 25.3. The van der Waals surface area contributed by atoms with E-state index in [1.54, 1.807) is 23.1 Å². The molecule has 4 aromatic rings. The van der Waals surface area contributed by atoms with E-state index in [1.807, 2.05) is 35.2 Å². The van der Waals surface area contributed by atoms with Gasteiger partial charge in [-0.05, 0) is 67.0 Å². The summed E-state index contributed by atoms with van der Waals surface area (Å²) in [5, 5.41) is 11.6. The van der Waals surface area contributed by atoms with Gasteiger partial charge in [-0.15, -0.1) is 0 Å². The summed E-state index contributed by atoms with van der Waals surface area (Å²) in [7, 11) is 0. The van der Waals surface area contributed by atoms with Crippen LogP contribution in [0, 0.1) is 12.1 Å². The molecule has 10 nitrogen and oxygen atoms in total. The lowest BCUT2D eigenvalue weighted by molar-refractivity contribution is -0.141. The van der Waals surface area contributed by atoms with Gasteiger partial charge in [-0.2, -0.15) is 18.2 Å². The summed E-state index contributed by atoms with van der Waals surface area (Å²) < 4.78 is 53.2. The second-order valence-electron chi connectivity index (χ2n) is 11.6. The first-order valence-electron chi connectivity index (χ1n) is 15.3. The van der Waals surface area contributed by atoms with Gasteiger partial charge in [0.15, 0.2) is 5.69 Å². The number of piperidine rings is 2. The molecule has 2 aromatic heterocycles. The van der Waals surface area contributed by atoms with E-state index < -0.39 is 29.5 Å². The lowest BCUT2D eigenvalue weighted by atomic mass is 9.90. The normalized spacial score (nSPS) is 16.1. The van der Waals surface area contributed by atoms with Crippen molar-refractivity contribution < 1.29 is 37.0 Å². The average Bonchev–Trinajstić information content (AvgIpc) is 3.56. The zero-order valence-electron chi connectivity index (χ0n) is 25.3. The van der Waals surface area contributed by atoms with Crippen LogP contribution in [0.15, 0.2) is 65.2 Å². The summed E-state index contributed by atoms with van der Waals surface area (Å²) in [6, 6.07) is 21.4. The maximum atomic E-state index is 13.9. The number of hydrogen-bond acceptors (Lipinski definition) is 8. The number of carbonyl (C=O) groups excluding carboxylic acids is 1. The zero-order chi connectivity index (χ0) is 33.0. The van der Waals surface area contributed by atoms with Gasteiger partial charge in [0.25, 0.3) is 11.9 Å². The van der Waals surface area contributed by atoms with Crippen LogP contribution in [0.5, 0.6) is 0 Å². The number of carbonyl (C=O) groups is 2. The van der Waals surface area contributed by atoms with Gasteiger partial charge in [0.2, 0.25) is 5.76 Å². The Morgan fingerprint density at radius 2 is 1.74 bits per heavy atom. The van der Waals surface area contributed by atoms with Crippen molar-refractivity contribution in [3.05, 3.63) is 101 Å². The third kappa shape index (κ3) is 7.66. The summed E-state index contributed by atoms with van der Waals surface area (Å²) in [4.78, 5) is 35.9. The van der Waals surface area contributed by atoms with E-state index in [-0.39, 0.29) is 35.9 Å². The second-order valence-corrected chi connectivity index (χ2v) is 11.6. The number of amides is 1. The third-order valence-corrected chi connectivity index (χ3v) is 8.41. The van der Waals surface area contributed by atoms with Crippen LogP contribution in [0.1, 0.15) is 69.3 Å². The average molecular weight is 648 g/mol. The third-order valence-electron chi connectivity index (χ3n) is 8.41. The topological polar surface area (TPSA) is 121 Å². The summed E-state index contributed by atoms with van der Waals surface area (Å²) >= 11 is 0. The second kappa shape index (κ2) is 13.7. The van der Waals surface area contributed by atoms with Crippen LogP contribution in [0.4, 0.5) is 30.7 Å². The number of benzene rings is 1. The van der Waals surface area contributed by atoms with E-state index >= 15 is 0 Å².